The van der Waals surface area contributed by atoms with Crippen LogP contribution in [0, 0.1) is 5.92 Å². The van der Waals surface area contributed by atoms with Crippen molar-refractivity contribution >= 4 is 11.9 Å². The standard InChI is InChI=1S/C9H15NO3/c1-6(11)10-8-5-3-4-7(8)9(12)13-2/h7-8H,3-5H2,1-2H3,(H,10,11). The third-order valence-corrected chi connectivity index (χ3v) is 2.41. The Hall–Kier alpha value is -1.06. The lowest BCUT2D eigenvalue weighted by Gasteiger charge is -2.17. The third-order valence-electron chi connectivity index (χ3n) is 2.41. The Bertz CT molecular complexity index is 215. The predicted octanol–water partition coefficient (Wildman–Crippen LogP) is 0.464. The van der Waals surface area contributed by atoms with Gasteiger partial charge in [0.25, 0.3) is 0 Å². The molecule has 2 atom stereocenters. The lowest BCUT2D eigenvalue weighted by molar-refractivity contribution is -0.146. The van der Waals surface area contributed by atoms with Crippen LogP contribution in [0.1, 0.15) is 26.2 Å². The second-order valence-corrected chi connectivity index (χ2v) is 3.37. The molecule has 0 saturated heterocycles. The molecule has 2 unspecified atom stereocenters. The summed E-state index contributed by atoms with van der Waals surface area (Å²) in [5, 5.41) is 2.77. The van der Waals surface area contributed by atoms with E-state index >= 15 is 0 Å². The average Bonchev–Trinajstić information content (AvgIpc) is 2.50. The van der Waals surface area contributed by atoms with Crippen molar-refractivity contribution in [3.63, 3.8) is 0 Å². The first kappa shape index (κ1) is 10.0. The highest BCUT2D eigenvalue weighted by Crippen LogP contribution is 2.26. The molecule has 0 bridgehead atoms. The summed E-state index contributed by atoms with van der Waals surface area (Å²) >= 11 is 0. The van der Waals surface area contributed by atoms with Crippen LogP contribution in [0.3, 0.4) is 0 Å². The molecule has 1 N–H and O–H groups in total. The van der Waals surface area contributed by atoms with E-state index in [9.17, 15) is 9.59 Å². The van der Waals surface area contributed by atoms with Crippen molar-refractivity contribution in [2.24, 2.45) is 5.92 Å². The van der Waals surface area contributed by atoms with E-state index < -0.39 is 0 Å². The summed E-state index contributed by atoms with van der Waals surface area (Å²) in [6, 6.07) is -0.0232. The van der Waals surface area contributed by atoms with Crippen LogP contribution in [0.15, 0.2) is 0 Å². The lowest BCUT2D eigenvalue weighted by atomic mass is 10.0. The molecule has 1 fully saturated rings. The van der Waals surface area contributed by atoms with Crippen LogP contribution in [-0.2, 0) is 14.3 Å². The summed E-state index contributed by atoms with van der Waals surface area (Å²) in [6.45, 7) is 1.46. The van der Waals surface area contributed by atoms with Gasteiger partial charge < -0.3 is 10.1 Å². The van der Waals surface area contributed by atoms with Gasteiger partial charge in [0.05, 0.1) is 13.0 Å². The molecular formula is C9H15NO3. The molecule has 0 heterocycles. The number of hydrogen-bond acceptors (Lipinski definition) is 3. The van der Waals surface area contributed by atoms with E-state index in [0.29, 0.717) is 0 Å². The summed E-state index contributed by atoms with van der Waals surface area (Å²) in [6.07, 6.45) is 2.67. The minimum Gasteiger partial charge on any atom is -0.469 e. The van der Waals surface area contributed by atoms with Crippen LogP contribution in [0.25, 0.3) is 0 Å². The van der Waals surface area contributed by atoms with Crippen molar-refractivity contribution in [3.8, 4) is 0 Å². The summed E-state index contributed by atoms with van der Waals surface area (Å²) in [5.41, 5.74) is 0. The first-order valence-corrected chi connectivity index (χ1v) is 4.50. The molecule has 0 aromatic rings. The summed E-state index contributed by atoms with van der Waals surface area (Å²) in [5.74, 6) is -0.439. The average molecular weight is 185 g/mol. The van der Waals surface area contributed by atoms with Crippen molar-refractivity contribution in [2.75, 3.05) is 7.11 Å². The number of amides is 1. The van der Waals surface area contributed by atoms with E-state index in [4.69, 9.17) is 0 Å². The van der Waals surface area contributed by atoms with Gasteiger partial charge in [-0.05, 0) is 12.8 Å². The SMILES string of the molecule is COC(=O)C1CCCC1NC(C)=O. The molecule has 4 heteroatoms. The number of ether oxygens (including phenoxy) is 1. The topological polar surface area (TPSA) is 55.4 Å². The Balaban J connectivity index is 2.53. The Morgan fingerprint density at radius 3 is 2.62 bits per heavy atom. The Labute approximate surface area is 77.6 Å². The molecule has 0 spiro atoms. The molecule has 1 saturated carbocycles. The maximum Gasteiger partial charge on any atom is 0.310 e. The Morgan fingerprint density at radius 1 is 1.38 bits per heavy atom. The van der Waals surface area contributed by atoms with Crippen LogP contribution < -0.4 is 5.32 Å². The molecule has 74 valence electrons. The van der Waals surface area contributed by atoms with Gasteiger partial charge in [-0.1, -0.05) is 6.42 Å². The van der Waals surface area contributed by atoms with Crippen LogP contribution in [-0.4, -0.2) is 25.0 Å². The predicted molar refractivity (Wildman–Crippen MR) is 47.0 cm³/mol. The van der Waals surface area contributed by atoms with Gasteiger partial charge in [-0.15, -0.1) is 0 Å². The number of carbonyl (C=O) groups excluding carboxylic acids is 2. The Morgan fingerprint density at radius 2 is 2.08 bits per heavy atom. The third kappa shape index (κ3) is 2.44. The fourth-order valence-electron chi connectivity index (χ4n) is 1.83. The van der Waals surface area contributed by atoms with Gasteiger partial charge in [0.2, 0.25) is 5.91 Å². The van der Waals surface area contributed by atoms with Crippen molar-refractivity contribution < 1.29 is 14.3 Å². The smallest absolute Gasteiger partial charge is 0.310 e. The first-order valence-electron chi connectivity index (χ1n) is 4.50. The number of rotatable bonds is 2. The molecule has 1 amide bonds. The number of esters is 1. The molecule has 0 aliphatic heterocycles. The van der Waals surface area contributed by atoms with Gasteiger partial charge in [-0.25, -0.2) is 0 Å². The molecule has 0 aromatic heterocycles. The van der Waals surface area contributed by atoms with Crippen molar-refractivity contribution in [1.82, 2.24) is 5.32 Å². The number of nitrogens with one attached hydrogen (secondary N) is 1. The molecular weight excluding hydrogens is 170 g/mol. The van der Waals surface area contributed by atoms with Gasteiger partial charge in [-0.3, -0.25) is 9.59 Å². The Kier molecular flexibility index (Phi) is 3.28. The summed E-state index contributed by atoms with van der Waals surface area (Å²) in [7, 11) is 1.38. The van der Waals surface area contributed by atoms with Gasteiger partial charge in [0, 0.05) is 13.0 Å². The van der Waals surface area contributed by atoms with Crippen molar-refractivity contribution in [3.05, 3.63) is 0 Å². The van der Waals surface area contributed by atoms with Crippen LogP contribution in [0.4, 0.5) is 0 Å². The largest absolute Gasteiger partial charge is 0.469 e. The molecule has 1 rings (SSSR count). The second-order valence-electron chi connectivity index (χ2n) is 3.37. The monoisotopic (exact) mass is 185 g/mol. The van der Waals surface area contributed by atoms with E-state index in [2.05, 4.69) is 10.1 Å². The van der Waals surface area contributed by atoms with Gasteiger partial charge in [0.1, 0.15) is 0 Å². The lowest BCUT2D eigenvalue weighted by Crippen LogP contribution is -2.39. The van der Waals surface area contributed by atoms with Gasteiger partial charge >= 0.3 is 5.97 Å². The number of hydrogen-bond donors (Lipinski definition) is 1. The normalized spacial score (nSPS) is 26.9. The highest BCUT2D eigenvalue weighted by atomic mass is 16.5. The molecule has 0 radical (unpaired) electrons. The second kappa shape index (κ2) is 4.25. The van der Waals surface area contributed by atoms with Crippen molar-refractivity contribution in [1.29, 1.82) is 0 Å². The minimum absolute atomic E-state index is 0.0232. The maximum absolute atomic E-state index is 11.2. The van der Waals surface area contributed by atoms with Crippen LogP contribution in [0.2, 0.25) is 0 Å². The fraction of sp³-hybridized carbons (Fsp3) is 0.778. The van der Waals surface area contributed by atoms with E-state index in [1.54, 1.807) is 0 Å². The van der Waals surface area contributed by atoms with Gasteiger partial charge in [0.15, 0.2) is 0 Å². The minimum atomic E-state index is -0.212. The van der Waals surface area contributed by atoms with E-state index in [1.165, 1.54) is 14.0 Å². The van der Waals surface area contributed by atoms with Crippen LogP contribution >= 0.6 is 0 Å². The number of carbonyl (C=O) groups is 2. The van der Waals surface area contributed by atoms with E-state index in [1.807, 2.05) is 0 Å². The molecule has 0 aromatic carbocycles. The molecule has 4 nitrogen and oxygen atoms in total. The first-order chi connectivity index (χ1) is 6.15. The van der Waals surface area contributed by atoms with E-state index in [-0.39, 0.29) is 23.8 Å². The summed E-state index contributed by atoms with van der Waals surface area (Å²) < 4.78 is 4.66. The quantitative estimate of drug-likeness (QED) is 0.636. The molecule has 13 heavy (non-hydrogen) atoms. The maximum atomic E-state index is 11.2. The zero-order valence-corrected chi connectivity index (χ0v) is 8.00. The van der Waals surface area contributed by atoms with Crippen molar-refractivity contribution in [2.45, 2.75) is 32.2 Å². The van der Waals surface area contributed by atoms with Gasteiger partial charge in [-0.2, -0.15) is 0 Å². The fourth-order valence-corrected chi connectivity index (χ4v) is 1.83. The zero-order chi connectivity index (χ0) is 9.84. The highest BCUT2D eigenvalue weighted by Gasteiger charge is 2.33. The number of methoxy groups -OCH3 is 1. The highest BCUT2D eigenvalue weighted by molar-refractivity contribution is 5.77. The molecule has 1 aliphatic rings. The molecule has 1 aliphatic carbocycles. The summed E-state index contributed by atoms with van der Waals surface area (Å²) in [4.78, 5) is 22.0. The van der Waals surface area contributed by atoms with Crippen LogP contribution in [0.5, 0.6) is 0 Å². The zero-order valence-electron chi connectivity index (χ0n) is 8.00. The van der Waals surface area contributed by atoms with E-state index in [0.717, 1.165) is 19.3 Å².